The Morgan fingerprint density at radius 3 is 2.62 bits per heavy atom. The van der Waals surface area contributed by atoms with E-state index in [9.17, 15) is 4.39 Å². The molecule has 5 nitrogen and oxygen atoms in total. The maximum atomic E-state index is 13.2. The zero-order valence-electron chi connectivity index (χ0n) is 12.7. The highest BCUT2D eigenvalue weighted by molar-refractivity contribution is 5.87. The van der Waals surface area contributed by atoms with Crippen LogP contribution in [0.25, 0.3) is 33.6 Å². The quantitative estimate of drug-likeness (QED) is 0.532. The maximum absolute atomic E-state index is 13.2. The van der Waals surface area contributed by atoms with E-state index in [1.54, 1.807) is 13.2 Å². The van der Waals surface area contributed by atoms with Gasteiger partial charge >= 0.3 is 0 Å². The molecule has 0 unspecified atom stereocenters. The molecule has 0 radical (unpaired) electrons. The molecule has 0 aliphatic rings. The summed E-state index contributed by atoms with van der Waals surface area (Å²) in [6, 6.07) is 14.5. The van der Waals surface area contributed by atoms with Crippen LogP contribution in [0.15, 0.2) is 59.3 Å². The van der Waals surface area contributed by atoms with Crippen LogP contribution < -0.4 is 4.74 Å². The lowest BCUT2D eigenvalue weighted by Crippen LogP contribution is -1.85. The van der Waals surface area contributed by atoms with Crippen molar-refractivity contribution in [1.29, 1.82) is 0 Å². The van der Waals surface area contributed by atoms with Crippen LogP contribution in [0.5, 0.6) is 5.75 Å². The number of ether oxygens (including phenoxy) is 1. The van der Waals surface area contributed by atoms with E-state index in [1.807, 2.05) is 36.4 Å². The Morgan fingerprint density at radius 2 is 1.79 bits per heavy atom. The van der Waals surface area contributed by atoms with Gasteiger partial charge in [0.05, 0.1) is 7.11 Å². The number of pyridine rings is 1. The molecule has 4 aromatic rings. The topological polar surface area (TPSA) is 61.0 Å². The van der Waals surface area contributed by atoms with E-state index in [0.717, 1.165) is 22.1 Å². The van der Waals surface area contributed by atoms with Crippen molar-refractivity contribution in [3.63, 3.8) is 0 Å². The molecule has 0 saturated carbocycles. The first-order chi connectivity index (χ1) is 11.7. The number of benzene rings is 2. The third-order valence-electron chi connectivity index (χ3n) is 3.71. The molecule has 24 heavy (non-hydrogen) atoms. The van der Waals surface area contributed by atoms with Gasteiger partial charge in [0, 0.05) is 23.4 Å². The van der Waals surface area contributed by atoms with Crippen molar-refractivity contribution < 1.29 is 13.7 Å². The molecule has 0 atom stereocenters. The molecular formula is C18H12FN3O2. The monoisotopic (exact) mass is 321 g/mol. The summed E-state index contributed by atoms with van der Waals surface area (Å²) < 4.78 is 23.7. The fourth-order valence-corrected chi connectivity index (χ4v) is 2.48. The van der Waals surface area contributed by atoms with Gasteiger partial charge in [0.15, 0.2) is 0 Å². The Kier molecular flexibility index (Phi) is 3.42. The number of nitrogens with zero attached hydrogens (tertiary/aromatic N) is 3. The van der Waals surface area contributed by atoms with Crippen molar-refractivity contribution in [3.05, 3.63) is 60.7 Å². The fraction of sp³-hybridized carbons (Fsp3) is 0.0556. The molecular weight excluding hydrogens is 309 g/mol. The highest BCUT2D eigenvalue weighted by Gasteiger charge is 2.12. The number of hydrogen-bond donors (Lipinski definition) is 0. The van der Waals surface area contributed by atoms with Crippen LogP contribution in [-0.4, -0.2) is 22.2 Å². The standard InChI is InChI=1S/C18H12FN3O2/c1-23-15-5-4-11-8-13(3-2-12(11)9-15)17-21-18(24-22-17)14-6-7-20-16(19)10-14/h2-10H,1H3. The van der Waals surface area contributed by atoms with Gasteiger partial charge in [-0.25, -0.2) is 4.98 Å². The van der Waals surface area contributed by atoms with Gasteiger partial charge in [0.25, 0.3) is 5.89 Å². The summed E-state index contributed by atoms with van der Waals surface area (Å²) in [5, 5.41) is 6.07. The fourth-order valence-electron chi connectivity index (χ4n) is 2.48. The highest BCUT2D eigenvalue weighted by atomic mass is 19.1. The van der Waals surface area contributed by atoms with Crippen LogP contribution >= 0.6 is 0 Å². The lowest BCUT2D eigenvalue weighted by molar-refractivity contribution is 0.415. The van der Waals surface area contributed by atoms with Crippen LogP contribution in [0.4, 0.5) is 4.39 Å². The van der Waals surface area contributed by atoms with Crippen LogP contribution in [0.2, 0.25) is 0 Å². The molecule has 2 aromatic carbocycles. The van der Waals surface area contributed by atoms with Gasteiger partial charge in [-0.15, -0.1) is 0 Å². The molecule has 2 aromatic heterocycles. The number of aromatic nitrogens is 3. The smallest absolute Gasteiger partial charge is 0.258 e. The molecule has 0 amide bonds. The minimum atomic E-state index is -0.591. The third kappa shape index (κ3) is 2.58. The number of methoxy groups -OCH3 is 1. The number of hydrogen-bond acceptors (Lipinski definition) is 5. The Morgan fingerprint density at radius 1 is 0.958 bits per heavy atom. The summed E-state index contributed by atoms with van der Waals surface area (Å²) in [4.78, 5) is 7.85. The van der Waals surface area contributed by atoms with Crippen LogP contribution in [0, 0.1) is 5.95 Å². The number of rotatable bonds is 3. The van der Waals surface area contributed by atoms with Gasteiger partial charge in [-0.05, 0) is 35.0 Å². The highest BCUT2D eigenvalue weighted by Crippen LogP contribution is 2.27. The molecule has 0 aliphatic carbocycles. The van der Waals surface area contributed by atoms with E-state index in [4.69, 9.17) is 9.26 Å². The summed E-state index contributed by atoms with van der Waals surface area (Å²) in [6.07, 6.45) is 1.36. The summed E-state index contributed by atoms with van der Waals surface area (Å²) in [5.74, 6) is 0.907. The third-order valence-corrected chi connectivity index (χ3v) is 3.71. The predicted molar refractivity (Wildman–Crippen MR) is 87.0 cm³/mol. The molecule has 0 saturated heterocycles. The van der Waals surface area contributed by atoms with Gasteiger partial charge in [-0.1, -0.05) is 23.4 Å². The largest absolute Gasteiger partial charge is 0.497 e. The molecule has 4 rings (SSSR count). The van der Waals surface area contributed by atoms with Crippen LogP contribution in [0.3, 0.4) is 0 Å². The van der Waals surface area contributed by atoms with Crippen molar-refractivity contribution >= 4 is 10.8 Å². The zero-order valence-corrected chi connectivity index (χ0v) is 12.7. The first-order valence-corrected chi connectivity index (χ1v) is 7.27. The first kappa shape index (κ1) is 14.3. The van der Waals surface area contributed by atoms with E-state index < -0.39 is 5.95 Å². The van der Waals surface area contributed by atoms with Crippen molar-refractivity contribution in [2.75, 3.05) is 7.11 Å². The van der Waals surface area contributed by atoms with Crippen molar-refractivity contribution in [1.82, 2.24) is 15.1 Å². The molecule has 0 bridgehead atoms. The summed E-state index contributed by atoms with van der Waals surface area (Å²) >= 11 is 0. The van der Waals surface area contributed by atoms with E-state index in [-0.39, 0.29) is 5.89 Å². The second-order valence-corrected chi connectivity index (χ2v) is 5.22. The first-order valence-electron chi connectivity index (χ1n) is 7.27. The predicted octanol–water partition coefficient (Wildman–Crippen LogP) is 4.10. The van der Waals surface area contributed by atoms with Crippen molar-refractivity contribution in [2.45, 2.75) is 0 Å². The average molecular weight is 321 g/mol. The van der Waals surface area contributed by atoms with E-state index in [2.05, 4.69) is 15.1 Å². The SMILES string of the molecule is COc1ccc2cc(-c3noc(-c4ccnc(F)c4)n3)ccc2c1. The summed E-state index contributed by atoms with van der Waals surface area (Å²) in [6.45, 7) is 0. The molecule has 0 spiro atoms. The van der Waals surface area contributed by atoms with E-state index >= 15 is 0 Å². The van der Waals surface area contributed by atoms with Crippen molar-refractivity contribution in [2.24, 2.45) is 0 Å². The van der Waals surface area contributed by atoms with E-state index in [0.29, 0.717) is 11.4 Å². The van der Waals surface area contributed by atoms with Gasteiger partial charge in [0.1, 0.15) is 5.75 Å². The number of fused-ring (bicyclic) bond motifs is 1. The number of halogens is 1. The molecule has 118 valence electrons. The minimum Gasteiger partial charge on any atom is -0.497 e. The maximum Gasteiger partial charge on any atom is 0.258 e. The van der Waals surface area contributed by atoms with Gasteiger partial charge in [-0.3, -0.25) is 0 Å². The second-order valence-electron chi connectivity index (χ2n) is 5.22. The lowest BCUT2D eigenvalue weighted by atomic mass is 10.1. The Bertz CT molecular complexity index is 1030. The summed E-state index contributed by atoms with van der Waals surface area (Å²) in [5.41, 5.74) is 1.31. The Balaban J connectivity index is 1.72. The normalized spacial score (nSPS) is 10.9. The zero-order chi connectivity index (χ0) is 16.5. The van der Waals surface area contributed by atoms with Crippen LogP contribution in [0.1, 0.15) is 0 Å². The molecule has 2 heterocycles. The van der Waals surface area contributed by atoms with Gasteiger partial charge in [0.2, 0.25) is 11.8 Å². The average Bonchev–Trinajstić information content (AvgIpc) is 3.11. The molecule has 0 fully saturated rings. The van der Waals surface area contributed by atoms with Gasteiger partial charge in [-0.2, -0.15) is 9.37 Å². The Labute approximate surface area is 136 Å². The summed E-state index contributed by atoms with van der Waals surface area (Å²) in [7, 11) is 1.64. The Hall–Kier alpha value is -3.28. The second kappa shape index (κ2) is 5.73. The van der Waals surface area contributed by atoms with E-state index in [1.165, 1.54) is 12.3 Å². The minimum absolute atomic E-state index is 0.251. The van der Waals surface area contributed by atoms with Crippen LogP contribution in [-0.2, 0) is 0 Å². The molecule has 0 aliphatic heterocycles. The molecule has 6 heteroatoms. The molecule has 0 N–H and O–H groups in total. The van der Waals surface area contributed by atoms with Gasteiger partial charge < -0.3 is 9.26 Å². The lowest BCUT2D eigenvalue weighted by Gasteiger charge is -2.03. The van der Waals surface area contributed by atoms with Crippen molar-refractivity contribution in [3.8, 4) is 28.6 Å².